The summed E-state index contributed by atoms with van der Waals surface area (Å²) in [5.41, 5.74) is -0.412. The minimum absolute atomic E-state index is 0.0321. The average Bonchev–Trinajstić information content (AvgIpc) is 2.17. The molecule has 0 aliphatic heterocycles. The third kappa shape index (κ3) is 3.59. The minimum Gasteiger partial charge on any atom is -0.298 e. The predicted molar refractivity (Wildman–Crippen MR) is 62.2 cm³/mol. The Morgan fingerprint density at radius 3 is 2.20 bits per heavy atom. The van der Waals surface area contributed by atoms with Crippen LogP contribution in [0.4, 0.5) is 0 Å². The van der Waals surface area contributed by atoms with Crippen molar-refractivity contribution in [3.05, 3.63) is 30.3 Å². The summed E-state index contributed by atoms with van der Waals surface area (Å²) in [7, 11) is -1.21. The van der Waals surface area contributed by atoms with Crippen LogP contribution in [0.5, 0.6) is 0 Å². The summed E-state index contributed by atoms with van der Waals surface area (Å²) in [6.45, 7) is 5.53. The van der Waals surface area contributed by atoms with Crippen molar-refractivity contribution in [1.82, 2.24) is 0 Å². The molecule has 1 rings (SSSR count). The van der Waals surface area contributed by atoms with Crippen molar-refractivity contribution < 1.29 is 9.00 Å². The Kier molecular flexibility index (Phi) is 3.80. The first-order valence-electron chi connectivity index (χ1n) is 4.88. The van der Waals surface area contributed by atoms with Crippen molar-refractivity contribution >= 4 is 16.6 Å². The normalized spacial score (nSPS) is 13.5. The summed E-state index contributed by atoms with van der Waals surface area (Å²) in [6.07, 6.45) is 0. The SMILES string of the molecule is CC(C)(C)C(=O)CS(=O)c1ccccc1. The highest BCUT2D eigenvalue weighted by Gasteiger charge is 2.23. The maximum absolute atomic E-state index is 11.8. The Morgan fingerprint density at radius 2 is 1.73 bits per heavy atom. The molecule has 0 N–H and O–H groups in total. The van der Waals surface area contributed by atoms with Crippen LogP contribution >= 0.6 is 0 Å². The molecule has 1 unspecified atom stereocenters. The van der Waals surface area contributed by atoms with Crippen molar-refractivity contribution in [2.75, 3.05) is 5.75 Å². The standard InChI is InChI=1S/C12H16O2S/c1-12(2,3)11(13)9-15(14)10-7-5-4-6-8-10/h4-8H,9H2,1-3H3. The Hall–Kier alpha value is -0.960. The lowest BCUT2D eigenvalue weighted by Gasteiger charge is -2.15. The van der Waals surface area contributed by atoms with Crippen molar-refractivity contribution in [2.24, 2.45) is 5.41 Å². The molecular formula is C12H16O2S. The van der Waals surface area contributed by atoms with Gasteiger partial charge in [0.1, 0.15) is 0 Å². The topological polar surface area (TPSA) is 34.1 Å². The maximum Gasteiger partial charge on any atom is 0.151 e. The van der Waals surface area contributed by atoms with Gasteiger partial charge in [-0.05, 0) is 12.1 Å². The summed E-state index contributed by atoms with van der Waals surface area (Å²) in [4.78, 5) is 12.4. The first-order chi connectivity index (χ1) is 6.91. The van der Waals surface area contributed by atoms with E-state index in [0.717, 1.165) is 4.90 Å². The highest BCUT2D eigenvalue weighted by atomic mass is 32.2. The van der Waals surface area contributed by atoms with Gasteiger partial charge in [-0.25, -0.2) is 0 Å². The van der Waals surface area contributed by atoms with Crippen LogP contribution in [0.15, 0.2) is 35.2 Å². The lowest BCUT2D eigenvalue weighted by molar-refractivity contribution is -0.123. The molecule has 1 aromatic rings. The van der Waals surface area contributed by atoms with E-state index in [9.17, 15) is 9.00 Å². The molecule has 0 amide bonds. The van der Waals surface area contributed by atoms with Crippen LogP contribution < -0.4 is 0 Å². The zero-order valence-corrected chi connectivity index (χ0v) is 10.1. The highest BCUT2D eigenvalue weighted by Crippen LogP contribution is 2.16. The highest BCUT2D eigenvalue weighted by molar-refractivity contribution is 7.85. The molecule has 1 aromatic carbocycles. The van der Waals surface area contributed by atoms with E-state index in [4.69, 9.17) is 0 Å². The van der Waals surface area contributed by atoms with E-state index in [1.54, 1.807) is 12.1 Å². The molecule has 0 saturated carbocycles. The van der Waals surface area contributed by atoms with E-state index in [1.807, 2.05) is 39.0 Å². The molecule has 1 atom stereocenters. The largest absolute Gasteiger partial charge is 0.298 e. The van der Waals surface area contributed by atoms with Crippen LogP contribution in [-0.2, 0) is 15.6 Å². The maximum atomic E-state index is 11.8. The number of carbonyl (C=O) groups is 1. The van der Waals surface area contributed by atoms with Crippen LogP contribution in [0.3, 0.4) is 0 Å². The zero-order valence-electron chi connectivity index (χ0n) is 9.32. The quantitative estimate of drug-likeness (QED) is 0.790. The third-order valence-electron chi connectivity index (χ3n) is 2.10. The Morgan fingerprint density at radius 1 is 1.20 bits per heavy atom. The molecule has 3 heteroatoms. The van der Waals surface area contributed by atoms with Crippen LogP contribution in [0.25, 0.3) is 0 Å². The molecule has 2 nitrogen and oxygen atoms in total. The summed E-state index contributed by atoms with van der Waals surface area (Å²) < 4.78 is 11.8. The summed E-state index contributed by atoms with van der Waals surface area (Å²) in [5, 5.41) is 0. The van der Waals surface area contributed by atoms with Gasteiger partial charge in [0.15, 0.2) is 5.78 Å². The number of Topliss-reactive ketones (excluding diaryl/α,β-unsaturated/α-hetero) is 1. The summed E-state index contributed by atoms with van der Waals surface area (Å²) in [6, 6.07) is 9.09. The molecular weight excluding hydrogens is 208 g/mol. The fourth-order valence-electron chi connectivity index (χ4n) is 0.991. The number of hydrogen-bond acceptors (Lipinski definition) is 2. The Labute approximate surface area is 93.2 Å². The summed E-state index contributed by atoms with van der Waals surface area (Å²) in [5.74, 6) is 0.137. The molecule has 0 bridgehead atoms. The van der Waals surface area contributed by atoms with Crippen LogP contribution in [0.2, 0.25) is 0 Å². The van der Waals surface area contributed by atoms with E-state index in [-0.39, 0.29) is 11.5 Å². The van der Waals surface area contributed by atoms with Crippen LogP contribution in [0.1, 0.15) is 20.8 Å². The van der Waals surface area contributed by atoms with Gasteiger partial charge in [0.25, 0.3) is 0 Å². The predicted octanol–water partition coefficient (Wildman–Crippen LogP) is 2.41. The summed E-state index contributed by atoms with van der Waals surface area (Å²) >= 11 is 0. The van der Waals surface area contributed by atoms with Gasteiger partial charge in [0.2, 0.25) is 0 Å². The van der Waals surface area contributed by atoms with E-state index in [2.05, 4.69) is 0 Å². The molecule has 82 valence electrons. The molecule has 0 aliphatic carbocycles. The number of carbonyl (C=O) groups excluding carboxylic acids is 1. The smallest absolute Gasteiger partial charge is 0.151 e. The molecule has 0 spiro atoms. The molecule has 0 heterocycles. The number of rotatable bonds is 3. The zero-order chi connectivity index (χ0) is 11.5. The Bertz CT molecular complexity index is 363. The van der Waals surface area contributed by atoms with Gasteiger partial charge in [-0.1, -0.05) is 39.0 Å². The number of ketones is 1. The average molecular weight is 224 g/mol. The van der Waals surface area contributed by atoms with E-state index < -0.39 is 16.2 Å². The number of hydrogen-bond donors (Lipinski definition) is 0. The molecule has 0 aliphatic rings. The van der Waals surface area contributed by atoms with Crippen molar-refractivity contribution in [3.8, 4) is 0 Å². The van der Waals surface area contributed by atoms with Gasteiger partial charge in [-0.2, -0.15) is 0 Å². The fourth-order valence-corrected chi connectivity index (χ4v) is 2.29. The van der Waals surface area contributed by atoms with E-state index in [1.165, 1.54) is 0 Å². The molecule has 0 aromatic heterocycles. The van der Waals surface area contributed by atoms with Gasteiger partial charge < -0.3 is 0 Å². The van der Waals surface area contributed by atoms with Crippen LogP contribution in [-0.4, -0.2) is 15.7 Å². The second kappa shape index (κ2) is 4.71. The molecule has 0 fully saturated rings. The van der Waals surface area contributed by atoms with Gasteiger partial charge in [-0.15, -0.1) is 0 Å². The van der Waals surface area contributed by atoms with Crippen molar-refractivity contribution in [3.63, 3.8) is 0 Å². The lowest BCUT2D eigenvalue weighted by Crippen LogP contribution is -2.25. The van der Waals surface area contributed by atoms with Gasteiger partial charge in [-0.3, -0.25) is 9.00 Å². The lowest BCUT2D eigenvalue weighted by atomic mass is 9.92. The third-order valence-corrected chi connectivity index (χ3v) is 3.43. The van der Waals surface area contributed by atoms with Crippen molar-refractivity contribution in [2.45, 2.75) is 25.7 Å². The second-order valence-electron chi connectivity index (χ2n) is 4.48. The monoisotopic (exact) mass is 224 g/mol. The first kappa shape index (κ1) is 12.1. The minimum atomic E-state index is -1.21. The van der Waals surface area contributed by atoms with Crippen molar-refractivity contribution in [1.29, 1.82) is 0 Å². The van der Waals surface area contributed by atoms with E-state index >= 15 is 0 Å². The molecule has 0 radical (unpaired) electrons. The van der Waals surface area contributed by atoms with Crippen LogP contribution in [0, 0.1) is 5.41 Å². The molecule has 15 heavy (non-hydrogen) atoms. The Balaban J connectivity index is 2.70. The fraction of sp³-hybridized carbons (Fsp3) is 0.417. The van der Waals surface area contributed by atoms with E-state index in [0.29, 0.717) is 0 Å². The first-order valence-corrected chi connectivity index (χ1v) is 6.20. The molecule has 0 saturated heterocycles. The van der Waals surface area contributed by atoms with Gasteiger partial charge in [0, 0.05) is 10.3 Å². The van der Waals surface area contributed by atoms with Gasteiger partial charge >= 0.3 is 0 Å². The van der Waals surface area contributed by atoms with Gasteiger partial charge in [0.05, 0.1) is 16.6 Å². The number of benzene rings is 1. The second-order valence-corrected chi connectivity index (χ2v) is 5.93.